The summed E-state index contributed by atoms with van der Waals surface area (Å²) in [5, 5.41) is 4.93. The Bertz CT molecular complexity index is 862. The van der Waals surface area contributed by atoms with Crippen LogP contribution >= 0.6 is 11.3 Å². The molecule has 1 aromatic heterocycles. The highest BCUT2D eigenvalue weighted by Crippen LogP contribution is 2.16. The molecule has 1 atom stereocenters. The van der Waals surface area contributed by atoms with Crippen molar-refractivity contribution in [2.24, 2.45) is 0 Å². The molecule has 0 saturated heterocycles. The molecule has 0 aliphatic rings. The maximum Gasteiger partial charge on any atom is 0.240 e. The topological polar surface area (TPSA) is 79.7 Å². The van der Waals surface area contributed by atoms with Gasteiger partial charge in [-0.1, -0.05) is 12.1 Å². The number of quaternary nitrogens is 1. The smallest absolute Gasteiger partial charge is 0.240 e. The fourth-order valence-corrected chi connectivity index (χ4v) is 4.72. The Labute approximate surface area is 165 Å². The fourth-order valence-electron chi connectivity index (χ4n) is 2.65. The van der Waals surface area contributed by atoms with Crippen LogP contribution in [0.25, 0.3) is 0 Å². The Morgan fingerprint density at radius 2 is 1.93 bits per heavy atom. The summed E-state index contributed by atoms with van der Waals surface area (Å²) in [6.45, 7) is 4.39. The van der Waals surface area contributed by atoms with Crippen molar-refractivity contribution in [3.63, 3.8) is 0 Å². The summed E-state index contributed by atoms with van der Waals surface area (Å²) >= 11 is 1.67. The van der Waals surface area contributed by atoms with Crippen LogP contribution < -0.4 is 14.9 Å². The zero-order chi connectivity index (χ0) is 20.0. The molecule has 0 aliphatic heterocycles. The molecule has 1 aromatic carbocycles. The average molecular weight is 411 g/mol. The largest absolute Gasteiger partial charge is 0.350 e. The Morgan fingerprint density at radius 3 is 2.52 bits per heavy atom. The average Bonchev–Trinajstić information content (AvgIpc) is 3.11. The third-order valence-corrected chi connectivity index (χ3v) is 6.96. The first kappa shape index (κ1) is 21.6. The van der Waals surface area contributed by atoms with E-state index in [4.69, 9.17) is 0 Å². The number of thiophene rings is 1. The van der Waals surface area contributed by atoms with Crippen molar-refractivity contribution in [1.82, 2.24) is 10.0 Å². The number of likely N-dealkylation sites (N-methyl/N-ethyl adjacent to an activating group) is 1. The zero-order valence-corrected chi connectivity index (χ0v) is 17.8. The van der Waals surface area contributed by atoms with Crippen molar-refractivity contribution in [2.45, 2.75) is 31.2 Å². The molecule has 0 bridgehead atoms. The van der Waals surface area contributed by atoms with Gasteiger partial charge in [0.15, 0.2) is 0 Å². The predicted molar refractivity (Wildman–Crippen MR) is 109 cm³/mol. The fraction of sp³-hybridized carbons (Fsp3) is 0.421. The van der Waals surface area contributed by atoms with Gasteiger partial charge < -0.3 is 10.2 Å². The summed E-state index contributed by atoms with van der Waals surface area (Å²) in [6, 6.07) is 9.25. The standard InChI is InChI=1S/C19H27N3O3S2/c1-14-7-8-16(12-15(14)2)27(24,25)21-10-9-19(23)20-13-17(22(3)4)18-6-5-11-26-18/h5-8,11-12,17,21H,9-10,13H2,1-4H3,(H,20,23)/p+1/t17-/m1/s1. The third-order valence-electron chi connectivity index (χ3n) is 4.52. The Balaban J connectivity index is 1.83. The lowest BCUT2D eigenvalue weighted by Crippen LogP contribution is -3.06. The van der Waals surface area contributed by atoms with Crippen LogP contribution in [0.1, 0.15) is 28.5 Å². The number of carbonyl (C=O) groups excluding carboxylic acids is 1. The molecule has 3 N–H and O–H groups in total. The normalized spacial score (nSPS) is 12.9. The second-order valence-corrected chi connectivity index (χ2v) is 9.59. The maximum absolute atomic E-state index is 12.3. The van der Waals surface area contributed by atoms with Crippen molar-refractivity contribution >= 4 is 27.3 Å². The van der Waals surface area contributed by atoms with Crippen LogP contribution in [0.4, 0.5) is 0 Å². The lowest BCUT2D eigenvalue weighted by Gasteiger charge is -2.20. The number of rotatable bonds is 9. The minimum absolute atomic E-state index is 0.0690. The van der Waals surface area contributed by atoms with Crippen molar-refractivity contribution in [2.75, 3.05) is 27.2 Å². The molecule has 6 nitrogen and oxygen atoms in total. The molecule has 2 rings (SSSR count). The molecule has 8 heteroatoms. The Kier molecular flexibility index (Phi) is 7.55. The van der Waals surface area contributed by atoms with Crippen LogP contribution in [0.2, 0.25) is 0 Å². The number of hydrogen-bond donors (Lipinski definition) is 3. The Morgan fingerprint density at radius 1 is 1.19 bits per heavy atom. The molecule has 0 fully saturated rings. The van der Waals surface area contributed by atoms with Gasteiger partial charge in [0.2, 0.25) is 15.9 Å². The van der Waals surface area contributed by atoms with E-state index in [1.54, 1.807) is 29.5 Å². The van der Waals surface area contributed by atoms with Crippen LogP contribution in [0, 0.1) is 13.8 Å². The first-order chi connectivity index (χ1) is 12.7. The van der Waals surface area contributed by atoms with Crippen molar-refractivity contribution in [1.29, 1.82) is 0 Å². The SMILES string of the molecule is Cc1ccc(S(=O)(=O)NCCC(=O)NC[C@H](c2cccs2)[NH+](C)C)cc1C. The van der Waals surface area contributed by atoms with Crippen LogP contribution in [0.15, 0.2) is 40.6 Å². The molecule has 1 amide bonds. The molecule has 0 unspecified atom stereocenters. The number of sulfonamides is 1. The second kappa shape index (κ2) is 9.45. The molecule has 2 aromatic rings. The molecule has 27 heavy (non-hydrogen) atoms. The number of amides is 1. The van der Waals surface area contributed by atoms with E-state index >= 15 is 0 Å². The predicted octanol–water partition coefficient (Wildman–Crippen LogP) is 1.04. The number of nitrogens with one attached hydrogen (secondary N) is 3. The first-order valence-electron chi connectivity index (χ1n) is 8.88. The minimum atomic E-state index is -3.61. The van der Waals surface area contributed by atoms with Gasteiger partial charge in [0.25, 0.3) is 0 Å². The van der Waals surface area contributed by atoms with Gasteiger partial charge in [-0.2, -0.15) is 0 Å². The van der Waals surface area contributed by atoms with Crippen molar-refractivity contribution in [3.05, 3.63) is 51.7 Å². The Hall–Kier alpha value is -1.74. The zero-order valence-electron chi connectivity index (χ0n) is 16.2. The molecule has 148 valence electrons. The van der Waals surface area contributed by atoms with E-state index < -0.39 is 10.0 Å². The van der Waals surface area contributed by atoms with Crippen molar-refractivity contribution in [3.8, 4) is 0 Å². The lowest BCUT2D eigenvalue weighted by atomic mass is 10.1. The second-order valence-electron chi connectivity index (χ2n) is 6.84. The summed E-state index contributed by atoms with van der Waals surface area (Å²) in [4.78, 5) is 14.8. The number of hydrogen-bond acceptors (Lipinski definition) is 4. The van der Waals surface area contributed by atoms with Gasteiger partial charge >= 0.3 is 0 Å². The number of benzene rings is 1. The van der Waals surface area contributed by atoms with E-state index in [1.165, 1.54) is 9.78 Å². The van der Waals surface area contributed by atoms with Gasteiger partial charge in [0, 0.05) is 13.0 Å². The van der Waals surface area contributed by atoms with E-state index in [0.717, 1.165) is 11.1 Å². The van der Waals surface area contributed by atoms with Crippen LogP contribution in [0.5, 0.6) is 0 Å². The van der Waals surface area contributed by atoms with Gasteiger partial charge in [0.05, 0.1) is 30.4 Å². The van der Waals surface area contributed by atoms with Gasteiger partial charge in [-0.25, -0.2) is 13.1 Å². The molecule has 0 saturated carbocycles. The van der Waals surface area contributed by atoms with Crippen LogP contribution in [-0.2, 0) is 14.8 Å². The van der Waals surface area contributed by atoms with Crippen LogP contribution in [-0.4, -0.2) is 41.5 Å². The van der Waals surface area contributed by atoms with Gasteiger partial charge in [-0.05, 0) is 48.6 Å². The summed E-state index contributed by atoms with van der Waals surface area (Å²) in [5.41, 5.74) is 1.96. The number of aryl methyl sites for hydroxylation is 2. The molecular weight excluding hydrogens is 382 g/mol. The van der Waals surface area contributed by atoms with Gasteiger partial charge in [-0.15, -0.1) is 11.3 Å². The molecular formula is C19H28N3O3S2+. The van der Waals surface area contributed by atoms with Gasteiger partial charge in [-0.3, -0.25) is 4.79 Å². The van der Waals surface area contributed by atoms with E-state index in [-0.39, 0.29) is 29.8 Å². The van der Waals surface area contributed by atoms with Gasteiger partial charge in [0.1, 0.15) is 6.04 Å². The first-order valence-corrected chi connectivity index (χ1v) is 11.2. The minimum Gasteiger partial charge on any atom is -0.350 e. The summed E-state index contributed by atoms with van der Waals surface area (Å²) < 4.78 is 27.2. The molecule has 0 aliphatic carbocycles. The summed E-state index contributed by atoms with van der Waals surface area (Å²) in [5.74, 6) is -0.166. The highest BCUT2D eigenvalue weighted by molar-refractivity contribution is 7.89. The molecule has 0 radical (unpaired) electrons. The highest BCUT2D eigenvalue weighted by Gasteiger charge is 2.20. The maximum atomic E-state index is 12.3. The monoisotopic (exact) mass is 410 g/mol. The number of carbonyl (C=O) groups is 1. The molecule has 1 heterocycles. The summed E-state index contributed by atoms with van der Waals surface area (Å²) in [6.07, 6.45) is 0.101. The quantitative estimate of drug-likeness (QED) is 0.578. The van der Waals surface area contributed by atoms with E-state index in [1.807, 2.05) is 39.4 Å². The highest BCUT2D eigenvalue weighted by atomic mass is 32.2. The van der Waals surface area contributed by atoms with Crippen LogP contribution in [0.3, 0.4) is 0 Å². The van der Waals surface area contributed by atoms with E-state index in [9.17, 15) is 13.2 Å². The van der Waals surface area contributed by atoms with Crippen molar-refractivity contribution < 1.29 is 18.1 Å². The molecule has 0 spiro atoms. The lowest BCUT2D eigenvalue weighted by molar-refractivity contribution is -0.890. The van der Waals surface area contributed by atoms with E-state index in [2.05, 4.69) is 16.1 Å². The third kappa shape index (κ3) is 6.14. The summed E-state index contributed by atoms with van der Waals surface area (Å²) in [7, 11) is 0.492. The van der Waals surface area contributed by atoms with E-state index in [0.29, 0.717) is 6.54 Å².